The van der Waals surface area contributed by atoms with Crippen LogP contribution in [0.1, 0.15) is 47.4 Å². The highest BCUT2D eigenvalue weighted by molar-refractivity contribution is 7.98. The van der Waals surface area contributed by atoms with E-state index >= 15 is 0 Å². The zero-order valence-electron chi connectivity index (χ0n) is 19.3. The van der Waals surface area contributed by atoms with Crippen molar-refractivity contribution in [2.45, 2.75) is 50.6 Å². The molecule has 0 fully saturated rings. The van der Waals surface area contributed by atoms with E-state index in [0.717, 1.165) is 22.7 Å². The second kappa shape index (κ2) is 9.19. The van der Waals surface area contributed by atoms with Gasteiger partial charge in [0.15, 0.2) is 11.0 Å². The van der Waals surface area contributed by atoms with Crippen molar-refractivity contribution < 1.29 is 9.90 Å². The lowest BCUT2D eigenvalue weighted by Gasteiger charge is -2.19. The molecule has 3 aromatic heterocycles. The van der Waals surface area contributed by atoms with Crippen LogP contribution in [0.3, 0.4) is 0 Å². The van der Waals surface area contributed by atoms with E-state index in [0.29, 0.717) is 33.7 Å². The van der Waals surface area contributed by atoms with Crippen molar-refractivity contribution in [2.75, 3.05) is 0 Å². The summed E-state index contributed by atoms with van der Waals surface area (Å²) in [5.41, 5.74) is 2.25. The van der Waals surface area contributed by atoms with Gasteiger partial charge in [0.2, 0.25) is 0 Å². The van der Waals surface area contributed by atoms with Crippen molar-refractivity contribution in [3.05, 3.63) is 69.1 Å². The zero-order valence-corrected chi connectivity index (χ0v) is 21.0. The molecule has 176 valence electrons. The van der Waals surface area contributed by atoms with E-state index < -0.39 is 5.97 Å². The molecule has 4 aromatic rings. The number of carbonyl (C=O) groups excluding carboxylic acids is 1. The third kappa shape index (κ3) is 4.55. The summed E-state index contributed by atoms with van der Waals surface area (Å²) in [6.45, 7) is 12.5. The minimum Gasteiger partial charge on any atom is -0.544 e. The summed E-state index contributed by atoms with van der Waals surface area (Å²) in [5.74, 6) is 0.183. The van der Waals surface area contributed by atoms with Gasteiger partial charge >= 0.3 is 0 Å². The number of carboxylic acid groups (broad SMARTS) is 1. The maximum Gasteiger partial charge on any atom is 0.259 e. The number of H-pyrrole nitrogens is 1. The van der Waals surface area contributed by atoms with Crippen LogP contribution in [0.2, 0.25) is 0 Å². The fourth-order valence-corrected chi connectivity index (χ4v) is 5.46. The van der Waals surface area contributed by atoms with E-state index in [1.54, 1.807) is 13.0 Å². The van der Waals surface area contributed by atoms with E-state index in [1.807, 2.05) is 16.7 Å². The standard InChI is InChI=1S/C24H25N5O3S2/c1-6-11-29-19(14-7-9-15(10-8-14)24(3,4)5)27-28-23(29)33-12-16-25-20(30)17-13(2)18(22(31)32)34-21(17)26-16/h6-10H,1,11-12H2,2-5H3,(H,31,32)(H,25,26,30)/p-1. The molecule has 3 heterocycles. The van der Waals surface area contributed by atoms with Crippen LogP contribution in [0.4, 0.5) is 0 Å². The number of carboxylic acids is 1. The van der Waals surface area contributed by atoms with Gasteiger partial charge < -0.3 is 14.9 Å². The maximum atomic E-state index is 12.6. The third-order valence-electron chi connectivity index (χ3n) is 5.41. The smallest absolute Gasteiger partial charge is 0.259 e. The quantitative estimate of drug-likeness (QED) is 0.308. The molecule has 0 aliphatic heterocycles. The number of thiophene rings is 1. The summed E-state index contributed by atoms with van der Waals surface area (Å²) >= 11 is 2.33. The van der Waals surface area contributed by atoms with E-state index in [2.05, 4.69) is 59.6 Å². The van der Waals surface area contributed by atoms with Crippen molar-refractivity contribution in [1.29, 1.82) is 0 Å². The number of aromatic amines is 1. The molecule has 1 aromatic carbocycles. The Labute approximate surface area is 204 Å². The summed E-state index contributed by atoms with van der Waals surface area (Å²) in [7, 11) is 0. The molecule has 4 rings (SSSR count). The maximum absolute atomic E-state index is 12.6. The van der Waals surface area contributed by atoms with Gasteiger partial charge in [-0.2, -0.15) is 0 Å². The molecule has 0 unspecified atom stereocenters. The lowest BCUT2D eigenvalue weighted by atomic mass is 9.87. The number of benzene rings is 1. The predicted molar refractivity (Wildman–Crippen MR) is 133 cm³/mol. The van der Waals surface area contributed by atoms with Gasteiger partial charge in [-0.05, 0) is 23.5 Å². The molecule has 8 nitrogen and oxygen atoms in total. The molecule has 1 N–H and O–H groups in total. The van der Waals surface area contributed by atoms with Gasteiger partial charge in [0.1, 0.15) is 10.7 Å². The van der Waals surface area contributed by atoms with Crippen LogP contribution in [-0.2, 0) is 17.7 Å². The van der Waals surface area contributed by atoms with E-state index in [-0.39, 0.29) is 21.2 Å². The highest BCUT2D eigenvalue weighted by atomic mass is 32.2. The second-order valence-electron chi connectivity index (χ2n) is 8.86. The molecule has 0 saturated heterocycles. The van der Waals surface area contributed by atoms with Crippen LogP contribution in [0.5, 0.6) is 0 Å². The summed E-state index contributed by atoms with van der Waals surface area (Å²) in [6, 6.07) is 8.28. The molecule has 0 atom stereocenters. The van der Waals surface area contributed by atoms with E-state index in [1.165, 1.54) is 17.3 Å². The number of hydrogen-bond acceptors (Lipinski definition) is 8. The average molecular weight is 495 g/mol. The molecular weight excluding hydrogens is 470 g/mol. The molecule has 0 aliphatic rings. The summed E-state index contributed by atoms with van der Waals surface area (Å²) in [5, 5.41) is 21.0. The summed E-state index contributed by atoms with van der Waals surface area (Å²) < 4.78 is 1.96. The molecule has 0 spiro atoms. The Morgan fingerprint density at radius 3 is 2.59 bits per heavy atom. The van der Waals surface area contributed by atoms with Crippen molar-refractivity contribution >= 4 is 39.3 Å². The van der Waals surface area contributed by atoms with Crippen molar-refractivity contribution in [1.82, 2.24) is 24.7 Å². The molecule has 0 amide bonds. The third-order valence-corrected chi connectivity index (χ3v) is 7.55. The van der Waals surface area contributed by atoms with Gasteiger partial charge in [-0.25, -0.2) is 4.98 Å². The number of nitrogens with zero attached hydrogens (tertiary/aromatic N) is 4. The Bertz CT molecular complexity index is 1440. The number of nitrogens with one attached hydrogen (secondary N) is 1. The Hall–Kier alpha value is -3.24. The van der Waals surface area contributed by atoms with Crippen LogP contribution in [0, 0.1) is 6.92 Å². The Balaban J connectivity index is 1.62. The minimum atomic E-state index is -1.31. The highest BCUT2D eigenvalue weighted by Gasteiger charge is 2.18. The first-order chi connectivity index (χ1) is 16.1. The summed E-state index contributed by atoms with van der Waals surface area (Å²) in [6.07, 6.45) is 1.78. The SMILES string of the molecule is C=CCn1c(SCc2nc3sc(C(=O)[O-])c(C)c3c(=O)[nH]2)nnc1-c1ccc(C(C)(C)C)cc1. The largest absolute Gasteiger partial charge is 0.544 e. The first-order valence-corrected chi connectivity index (χ1v) is 12.4. The second-order valence-corrected chi connectivity index (χ2v) is 10.8. The van der Waals surface area contributed by atoms with E-state index in [4.69, 9.17) is 0 Å². The van der Waals surface area contributed by atoms with Crippen LogP contribution < -0.4 is 10.7 Å². The lowest BCUT2D eigenvalue weighted by molar-refractivity contribution is -0.254. The molecular formula is C24H24N5O3S2-. The molecule has 0 radical (unpaired) electrons. The molecule has 34 heavy (non-hydrogen) atoms. The highest BCUT2D eigenvalue weighted by Crippen LogP contribution is 2.30. The molecule has 0 saturated carbocycles. The summed E-state index contributed by atoms with van der Waals surface area (Å²) in [4.78, 5) is 31.5. The van der Waals surface area contributed by atoms with Crippen LogP contribution >= 0.6 is 23.1 Å². The molecule has 0 bridgehead atoms. The lowest BCUT2D eigenvalue weighted by Crippen LogP contribution is -2.21. The number of rotatable bonds is 7. The van der Waals surface area contributed by atoms with Crippen molar-refractivity contribution in [3.8, 4) is 11.4 Å². The Kier molecular flexibility index (Phi) is 6.46. The minimum absolute atomic E-state index is 0.0191. The number of carbonyl (C=O) groups is 1. The van der Waals surface area contributed by atoms with Crippen LogP contribution in [-0.4, -0.2) is 30.7 Å². The van der Waals surface area contributed by atoms with Crippen LogP contribution in [0.25, 0.3) is 21.6 Å². The first kappa shape index (κ1) is 23.9. The number of thioether (sulfide) groups is 1. The normalized spacial score (nSPS) is 11.8. The van der Waals surface area contributed by atoms with Gasteiger partial charge in [-0.1, -0.05) is 62.9 Å². The predicted octanol–water partition coefficient (Wildman–Crippen LogP) is 3.69. The van der Waals surface area contributed by atoms with Gasteiger partial charge in [-0.3, -0.25) is 9.36 Å². The first-order valence-electron chi connectivity index (χ1n) is 10.6. The Morgan fingerprint density at radius 1 is 1.26 bits per heavy atom. The fourth-order valence-electron chi connectivity index (χ4n) is 3.61. The number of aromatic nitrogens is 5. The fraction of sp³-hybridized carbons (Fsp3) is 0.292. The number of aromatic carboxylic acids is 1. The number of fused-ring (bicyclic) bond motifs is 1. The average Bonchev–Trinajstić information content (AvgIpc) is 3.33. The molecule has 10 heteroatoms. The number of allylic oxidation sites excluding steroid dienone is 1. The number of aryl methyl sites for hydroxylation is 1. The van der Waals surface area contributed by atoms with Gasteiger partial charge in [-0.15, -0.1) is 28.1 Å². The monoisotopic (exact) mass is 494 g/mol. The van der Waals surface area contributed by atoms with Crippen LogP contribution in [0.15, 0.2) is 46.9 Å². The topological polar surface area (TPSA) is 117 Å². The van der Waals surface area contributed by atoms with Gasteiger partial charge in [0.05, 0.1) is 22.0 Å². The zero-order chi connectivity index (χ0) is 24.6. The number of hydrogen-bond donors (Lipinski definition) is 1. The van der Waals surface area contributed by atoms with Gasteiger partial charge in [0.25, 0.3) is 5.56 Å². The molecule has 0 aliphatic carbocycles. The van der Waals surface area contributed by atoms with Gasteiger partial charge in [0, 0.05) is 12.1 Å². The van der Waals surface area contributed by atoms with E-state index in [9.17, 15) is 14.7 Å². The van der Waals surface area contributed by atoms with Crippen molar-refractivity contribution in [2.24, 2.45) is 0 Å². The van der Waals surface area contributed by atoms with Crippen molar-refractivity contribution in [3.63, 3.8) is 0 Å². The Morgan fingerprint density at radius 2 is 1.97 bits per heavy atom.